The quantitative estimate of drug-likeness (QED) is 0.349. The molecule has 3 aromatic carbocycles. The first-order valence-electron chi connectivity index (χ1n) is 11.8. The van der Waals surface area contributed by atoms with E-state index >= 15 is 0 Å². The van der Waals surface area contributed by atoms with E-state index in [9.17, 15) is 23.1 Å². The molecule has 38 heavy (non-hydrogen) atoms. The van der Waals surface area contributed by atoms with E-state index in [0.717, 1.165) is 16.7 Å². The minimum atomic E-state index is -3.72. The van der Waals surface area contributed by atoms with Gasteiger partial charge < -0.3 is 15.2 Å². The second kappa shape index (κ2) is 14.0. The van der Waals surface area contributed by atoms with Gasteiger partial charge in [0.2, 0.25) is 10.0 Å². The molecule has 0 radical (unpaired) electrons. The van der Waals surface area contributed by atoms with Crippen LogP contribution in [0.3, 0.4) is 0 Å². The van der Waals surface area contributed by atoms with Crippen LogP contribution in [-0.4, -0.2) is 49.7 Å². The molecule has 0 saturated carbocycles. The van der Waals surface area contributed by atoms with Crippen molar-refractivity contribution in [3.63, 3.8) is 0 Å². The molecule has 0 heterocycles. The average molecular weight is 547 g/mol. The van der Waals surface area contributed by atoms with Gasteiger partial charge in [-0.1, -0.05) is 48.0 Å². The number of aliphatic carboxylic acids is 1. The van der Waals surface area contributed by atoms with Crippen molar-refractivity contribution in [2.75, 3.05) is 19.1 Å². The fourth-order valence-electron chi connectivity index (χ4n) is 3.94. The Morgan fingerprint density at radius 2 is 1.66 bits per heavy atom. The first-order chi connectivity index (χ1) is 17.5. The molecule has 0 aliphatic heterocycles. The normalized spacial score (nSPS) is 12.0. The standard InChI is InChI=1S/C28H32N2O5S2.Li/c1-19-9-12-22(13-10-19)37(34,35)30(3)18-21-11-14-24(25(17-21)23-8-6-5-7-20(23)2)27(31)29-26(28(32)33)15-16-36-4;/h5-14,17,26H,15-16,18H2,1-4H3,(H,29,31)(H,32,33);/q;+1/p-1/t26-;/m0./s1. The molecule has 1 atom stereocenters. The molecule has 0 aromatic heterocycles. The zero-order valence-corrected chi connectivity index (χ0v) is 24.0. The predicted octanol–water partition coefficient (Wildman–Crippen LogP) is 0.397. The third kappa shape index (κ3) is 7.75. The monoisotopic (exact) mass is 546 g/mol. The average Bonchev–Trinajstić information content (AvgIpc) is 2.86. The Morgan fingerprint density at radius 1 is 1.00 bits per heavy atom. The van der Waals surface area contributed by atoms with Crippen LogP contribution in [0.1, 0.15) is 33.5 Å². The molecule has 0 unspecified atom stereocenters. The van der Waals surface area contributed by atoms with Crippen molar-refractivity contribution >= 4 is 33.7 Å². The van der Waals surface area contributed by atoms with Gasteiger partial charge in [-0.25, -0.2) is 8.42 Å². The number of carboxylic acids is 1. The minimum absolute atomic E-state index is 0. The van der Waals surface area contributed by atoms with Crippen molar-refractivity contribution in [2.24, 2.45) is 0 Å². The van der Waals surface area contributed by atoms with E-state index in [-0.39, 0.29) is 36.7 Å². The number of rotatable bonds is 11. The summed E-state index contributed by atoms with van der Waals surface area (Å²) in [7, 11) is -2.21. The molecular weight excluding hydrogens is 515 g/mol. The summed E-state index contributed by atoms with van der Waals surface area (Å²) in [5.41, 5.74) is 4.27. The van der Waals surface area contributed by atoms with Crippen molar-refractivity contribution in [1.29, 1.82) is 0 Å². The Hall–Kier alpha value is -2.54. The van der Waals surface area contributed by atoms with E-state index in [1.807, 2.05) is 44.4 Å². The molecule has 0 saturated heterocycles. The van der Waals surface area contributed by atoms with Crippen molar-refractivity contribution in [2.45, 2.75) is 37.8 Å². The van der Waals surface area contributed by atoms with Crippen LogP contribution in [0, 0.1) is 13.8 Å². The van der Waals surface area contributed by atoms with Gasteiger partial charge in [0.25, 0.3) is 5.91 Å². The van der Waals surface area contributed by atoms with Crippen molar-refractivity contribution in [1.82, 2.24) is 9.62 Å². The summed E-state index contributed by atoms with van der Waals surface area (Å²) in [6.45, 7) is 3.90. The van der Waals surface area contributed by atoms with Gasteiger partial charge in [0.05, 0.1) is 16.9 Å². The van der Waals surface area contributed by atoms with Gasteiger partial charge in [-0.3, -0.25) is 4.79 Å². The summed E-state index contributed by atoms with van der Waals surface area (Å²) in [6.07, 6.45) is 2.11. The molecule has 1 N–H and O–H groups in total. The van der Waals surface area contributed by atoms with Gasteiger partial charge in [-0.2, -0.15) is 16.1 Å². The fourth-order valence-corrected chi connectivity index (χ4v) is 5.57. The molecular formula is C28H31LiN2O5S2. The minimum Gasteiger partial charge on any atom is -0.548 e. The van der Waals surface area contributed by atoms with E-state index in [4.69, 9.17) is 0 Å². The maximum atomic E-state index is 13.2. The molecule has 0 fully saturated rings. The van der Waals surface area contributed by atoms with Gasteiger partial charge in [0.1, 0.15) is 0 Å². The third-order valence-electron chi connectivity index (χ3n) is 6.10. The van der Waals surface area contributed by atoms with E-state index in [0.29, 0.717) is 22.4 Å². The molecule has 196 valence electrons. The molecule has 7 nitrogen and oxygen atoms in total. The largest absolute Gasteiger partial charge is 1.00 e. The maximum Gasteiger partial charge on any atom is 1.00 e. The van der Waals surface area contributed by atoms with E-state index in [1.165, 1.54) is 23.1 Å². The Kier molecular flexibility index (Phi) is 11.7. The first kappa shape index (κ1) is 31.7. The van der Waals surface area contributed by atoms with Crippen LogP contribution in [-0.2, 0) is 21.4 Å². The van der Waals surface area contributed by atoms with E-state index in [2.05, 4.69) is 5.32 Å². The number of aryl methyl sites for hydroxylation is 2. The number of amides is 1. The molecule has 0 aliphatic rings. The SMILES string of the molecule is CSCC[C@H](NC(=O)c1ccc(CN(C)S(=O)(=O)c2ccc(C)cc2)cc1-c1ccccc1C)C(=O)[O-].[Li+]. The second-order valence-electron chi connectivity index (χ2n) is 8.90. The summed E-state index contributed by atoms with van der Waals surface area (Å²) in [5, 5.41) is 14.2. The van der Waals surface area contributed by atoms with Crippen LogP contribution in [0.2, 0.25) is 0 Å². The number of sulfonamides is 1. The van der Waals surface area contributed by atoms with Crippen molar-refractivity contribution in [3.05, 3.63) is 89.0 Å². The van der Waals surface area contributed by atoms with Crippen LogP contribution < -0.4 is 29.3 Å². The molecule has 10 heteroatoms. The second-order valence-corrected chi connectivity index (χ2v) is 11.9. The van der Waals surface area contributed by atoms with Crippen molar-refractivity contribution in [3.8, 4) is 11.1 Å². The van der Waals surface area contributed by atoms with Crippen LogP contribution in [0.15, 0.2) is 71.6 Å². The summed E-state index contributed by atoms with van der Waals surface area (Å²) in [5.74, 6) is -1.30. The van der Waals surface area contributed by atoms with Gasteiger partial charge >= 0.3 is 18.9 Å². The summed E-state index contributed by atoms with van der Waals surface area (Å²) >= 11 is 1.48. The maximum absolute atomic E-state index is 13.2. The number of carbonyl (C=O) groups is 2. The zero-order chi connectivity index (χ0) is 27.2. The number of hydrogen-bond acceptors (Lipinski definition) is 6. The Balaban J connectivity index is 0.00000507. The molecule has 0 aliphatic carbocycles. The number of carbonyl (C=O) groups excluding carboxylic acids is 2. The van der Waals surface area contributed by atoms with Crippen LogP contribution >= 0.6 is 11.8 Å². The molecule has 0 bridgehead atoms. The van der Waals surface area contributed by atoms with Gasteiger partial charge in [0.15, 0.2) is 0 Å². The number of thioether (sulfide) groups is 1. The molecule has 3 rings (SSSR count). The summed E-state index contributed by atoms with van der Waals surface area (Å²) in [4.78, 5) is 25.0. The van der Waals surface area contributed by atoms with Crippen LogP contribution in [0.25, 0.3) is 11.1 Å². The topological polar surface area (TPSA) is 107 Å². The van der Waals surface area contributed by atoms with E-state index in [1.54, 1.807) is 42.5 Å². The number of benzene rings is 3. The van der Waals surface area contributed by atoms with Crippen molar-refractivity contribution < 1.29 is 42.0 Å². The number of nitrogens with one attached hydrogen (secondary N) is 1. The van der Waals surface area contributed by atoms with Gasteiger partial charge in [-0.15, -0.1) is 0 Å². The smallest absolute Gasteiger partial charge is 0.548 e. The Morgan fingerprint density at radius 3 is 2.26 bits per heavy atom. The fraction of sp³-hybridized carbons (Fsp3) is 0.286. The number of carboxylic acid groups (broad SMARTS) is 1. The van der Waals surface area contributed by atoms with Gasteiger partial charge in [-0.05, 0) is 78.8 Å². The van der Waals surface area contributed by atoms with Crippen LogP contribution in [0.5, 0.6) is 0 Å². The zero-order valence-electron chi connectivity index (χ0n) is 22.4. The Labute approximate surface area is 241 Å². The summed E-state index contributed by atoms with van der Waals surface area (Å²) in [6, 6.07) is 18.2. The number of hydrogen-bond donors (Lipinski definition) is 1. The molecule has 0 spiro atoms. The molecule has 3 aromatic rings. The third-order valence-corrected chi connectivity index (χ3v) is 8.56. The van der Waals surface area contributed by atoms with E-state index < -0.39 is 27.9 Å². The predicted molar refractivity (Wildman–Crippen MR) is 146 cm³/mol. The van der Waals surface area contributed by atoms with Gasteiger partial charge in [0, 0.05) is 19.2 Å². The first-order valence-corrected chi connectivity index (χ1v) is 14.6. The van der Waals surface area contributed by atoms with Crippen LogP contribution in [0.4, 0.5) is 0 Å². The number of nitrogens with zero attached hydrogens (tertiary/aromatic N) is 1. The Bertz CT molecular complexity index is 1380. The molecule has 1 amide bonds. The summed E-state index contributed by atoms with van der Waals surface area (Å²) < 4.78 is 27.5.